The van der Waals surface area contributed by atoms with Gasteiger partial charge in [-0.25, -0.2) is 0 Å². The van der Waals surface area contributed by atoms with Crippen LogP contribution in [-0.4, -0.2) is 29.8 Å². The molecule has 1 aliphatic heterocycles. The molecule has 2 heterocycles. The van der Waals surface area contributed by atoms with Crippen molar-refractivity contribution in [1.29, 1.82) is 0 Å². The molecule has 0 aliphatic carbocycles. The minimum absolute atomic E-state index is 0.133. The van der Waals surface area contributed by atoms with Gasteiger partial charge in [0.2, 0.25) is 5.91 Å². The molecule has 1 fully saturated rings. The van der Waals surface area contributed by atoms with Crippen LogP contribution in [0.1, 0.15) is 47.4 Å². The molecule has 2 aromatic rings. The van der Waals surface area contributed by atoms with E-state index >= 15 is 0 Å². The van der Waals surface area contributed by atoms with Crippen LogP contribution in [0, 0.1) is 12.8 Å². The molecule has 1 unspecified atom stereocenters. The summed E-state index contributed by atoms with van der Waals surface area (Å²) < 4.78 is 43.0. The molecule has 5 nitrogen and oxygen atoms in total. The molecule has 1 aliphatic rings. The molecule has 0 spiro atoms. The number of rotatable bonds is 5. The molecule has 156 valence electrons. The van der Waals surface area contributed by atoms with E-state index in [4.69, 9.17) is 4.42 Å². The SMILES string of the molecule is Cc1ccoc1C(=O)N1CCCC(CCC(=O)Nc2ccc(C(F)(F)F)cc2)C1. The second kappa shape index (κ2) is 8.71. The highest BCUT2D eigenvalue weighted by atomic mass is 19.4. The lowest BCUT2D eigenvalue weighted by Crippen LogP contribution is -2.40. The van der Waals surface area contributed by atoms with Crippen LogP contribution in [0.15, 0.2) is 41.0 Å². The number of carbonyl (C=O) groups is 2. The van der Waals surface area contributed by atoms with Gasteiger partial charge >= 0.3 is 6.18 Å². The number of piperidine rings is 1. The molecule has 0 saturated carbocycles. The van der Waals surface area contributed by atoms with E-state index in [9.17, 15) is 22.8 Å². The lowest BCUT2D eigenvalue weighted by molar-refractivity contribution is -0.137. The number of aryl methyl sites for hydroxylation is 1. The summed E-state index contributed by atoms with van der Waals surface area (Å²) in [4.78, 5) is 26.5. The first-order valence-corrected chi connectivity index (χ1v) is 9.54. The number of amides is 2. The van der Waals surface area contributed by atoms with Gasteiger partial charge in [0.25, 0.3) is 5.91 Å². The number of hydrogen-bond donors (Lipinski definition) is 1. The predicted octanol–water partition coefficient (Wildman–Crippen LogP) is 4.88. The van der Waals surface area contributed by atoms with E-state index in [0.29, 0.717) is 31.0 Å². The molecule has 0 radical (unpaired) electrons. The molecule has 0 bridgehead atoms. The number of anilines is 1. The van der Waals surface area contributed by atoms with Gasteiger partial charge in [0.05, 0.1) is 11.8 Å². The molecular weight excluding hydrogens is 385 g/mol. The summed E-state index contributed by atoms with van der Waals surface area (Å²) in [5, 5.41) is 2.62. The molecule has 1 aromatic heterocycles. The van der Waals surface area contributed by atoms with Crippen LogP contribution in [0.3, 0.4) is 0 Å². The summed E-state index contributed by atoms with van der Waals surface area (Å²) in [5.74, 6) is 0.161. The van der Waals surface area contributed by atoms with Crippen LogP contribution >= 0.6 is 0 Å². The highest BCUT2D eigenvalue weighted by Crippen LogP contribution is 2.30. The predicted molar refractivity (Wildman–Crippen MR) is 101 cm³/mol. The van der Waals surface area contributed by atoms with Gasteiger partial charge in [0, 0.05) is 30.8 Å². The van der Waals surface area contributed by atoms with E-state index in [1.165, 1.54) is 18.4 Å². The first-order chi connectivity index (χ1) is 13.7. The van der Waals surface area contributed by atoms with E-state index in [1.54, 1.807) is 11.0 Å². The zero-order valence-electron chi connectivity index (χ0n) is 16.1. The Bertz CT molecular complexity index is 859. The van der Waals surface area contributed by atoms with Crippen molar-refractivity contribution in [2.45, 2.75) is 38.8 Å². The van der Waals surface area contributed by atoms with Gasteiger partial charge in [-0.15, -0.1) is 0 Å². The second-order valence-electron chi connectivity index (χ2n) is 7.35. The van der Waals surface area contributed by atoms with E-state index in [2.05, 4.69) is 5.32 Å². The standard InChI is InChI=1S/C21H23F3N2O3/c1-14-10-12-29-19(14)20(28)26-11-2-3-15(13-26)4-9-18(27)25-17-7-5-16(6-8-17)21(22,23)24/h5-8,10,12,15H,2-4,9,11,13H2,1H3,(H,25,27). The van der Waals surface area contributed by atoms with Gasteiger partial charge in [-0.3, -0.25) is 9.59 Å². The molecule has 1 saturated heterocycles. The summed E-state index contributed by atoms with van der Waals surface area (Å²) in [6.45, 7) is 3.05. The van der Waals surface area contributed by atoms with E-state index in [-0.39, 0.29) is 24.2 Å². The number of furan rings is 1. The molecule has 8 heteroatoms. The summed E-state index contributed by atoms with van der Waals surface area (Å²) in [7, 11) is 0. The van der Waals surface area contributed by atoms with Crippen molar-refractivity contribution in [2.75, 3.05) is 18.4 Å². The van der Waals surface area contributed by atoms with Gasteiger partial charge in [0.1, 0.15) is 0 Å². The lowest BCUT2D eigenvalue weighted by Gasteiger charge is -2.32. The summed E-state index contributed by atoms with van der Waals surface area (Å²) in [6, 6.07) is 6.12. The number of carbonyl (C=O) groups excluding carboxylic acids is 2. The normalized spacial score (nSPS) is 17.2. The summed E-state index contributed by atoms with van der Waals surface area (Å²) >= 11 is 0. The maximum atomic E-state index is 12.6. The van der Waals surface area contributed by atoms with Crippen LogP contribution < -0.4 is 5.32 Å². The number of hydrogen-bond acceptors (Lipinski definition) is 3. The van der Waals surface area contributed by atoms with Crippen molar-refractivity contribution in [3.63, 3.8) is 0 Å². The van der Waals surface area contributed by atoms with E-state index in [1.807, 2.05) is 6.92 Å². The largest absolute Gasteiger partial charge is 0.459 e. The van der Waals surface area contributed by atoms with Crippen LogP contribution in [0.25, 0.3) is 0 Å². The second-order valence-corrected chi connectivity index (χ2v) is 7.35. The van der Waals surface area contributed by atoms with E-state index in [0.717, 1.165) is 30.5 Å². The van der Waals surface area contributed by atoms with Crippen molar-refractivity contribution >= 4 is 17.5 Å². The number of nitrogens with zero attached hydrogens (tertiary/aromatic N) is 1. The van der Waals surface area contributed by atoms with Crippen molar-refractivity contribution in [2.24, 2.45) is 5.92 Å². The Labute approximate surface area is 166 Å². The maximum absolute atomic E-state index is 12.6. The van der Waals surface area contributed by atoms with Crippen LogP contribution in [0.4, 0.5) is 18.9 Å². The van der Waals surface area contributed by atoms with Crippen LogP contribution in [0.2, 0.25) is 0 Å². The van der Waals surface area contributed by atoms with Crippen molar-refractivity contribution < 1.29 is 27.2 Å². The molecule has 3 rings (SSSR count). The Hall–Kier alpha value is -2.77. The first kappa shape index (κ1) is 21.0. The third-order valence-electron chi connectivity index (χ3n) is 5.14. The minimum atomic E-state index is -4.40. The van der Waals surface area contributed by atoms with Crippen LogP contribution in [-0.2, 0) is 11.0 Å². The summed E-state index contributed by atoms with van der Waals surface area (Å²) in [5.41, 5.74) is 0.374. The van der Waals surface area contributed by atoms with Gasteiger partial charge < -0.3 is 14.6 Å². The quantitative estimate of drug-likeness (QED) is 0.767. The molecular formula is C21H23F3N2O3. The monoisotopic (exact) mass is 408 g/mol. The fourth-order valence-electron chi connectivity index (χ4n) is 3.52. The fourth-order valence-corrected chi connectivity index (χ4v) is 3.52. The number of benzene rings is 1. The molecule has 1 N–H and O–H groups in total. The molecule has 29 heavy (non-hydrogen) atoms. The lowest BCUT2D eigenvalue weighted by atomic mass is 9.93. The average molecular weight is 408 g/mol. The zero-order valence-corrected chi connectivity index (χ0v) is 16.1. The third kappa shape index (κ3) is 5.40. The van der Waals surface area contributed by atoms with Crippen molar-refractivity contribution in [3.8, 4) is 0 Å². The smallest absolute Gasteiger partial charge is 0.416 e. The molecule has 2 amide bonds. The maximum Gasteiger partial charge on any atom is 0.416 e. The Balaban J connectivity index is 1.48. The topological polar surface area (TPSA) is 62.6 Å². The van der Waals surface area contributed by atoms with Gasteiger partial charge in [-0.1, -0.05) is 0 Å². The van der Waals surface area contributed by atoms with Crippen molar-refractivity contribution in [3.05, 3.63) is 53.5 Å². The average Bonchev–Trinajstić information content (AvgIpc) is 3.11. The Kier molecular flexibility index (Phi) is 6.30. The van der Waals surface area contributed by atoms with Crippen molar-refractivity contribution in [1.82, 2.24) is 4.90 Å². The van der Waals surface area contributed by atoms with E-state index < -0.39 is 11.7 Å². The number of likely N-dealkylation sites (tertiary alicyclic amines) is 1. The Morgan fingerprint density at radius 1 is 1.21 bits per heavy atom. The van der Waals surface area contributed by atoms with Gasteiger partial charge in [0.15, 0.2) is 5.76 Å². The highest BCUT2D eigenvalue weighted by molar-refractivity contribution is 5.93. The minimum Gasteiger partial charge on any atom is -0.459 e. The number of nitrogens with one attached hydrogen (secondary N) is 1. The Morgan fingerprint density at radius 3 is 2.55 bits per heavy atom. The number of alkyl halides is 3. The first-order valence-electron chi connectivity index (χ1n) is 9.54. The number of halogens is 3. The van der Waals surface area contributed by atoms with Crippen LogP contribution in [0.5, 0.6) is 0 Å². The Morgan fingerprint density at radius 2 is 1.93 bits per heavy atom. The summed E-state index contributed by atoms with van der Waals surface area (Å²) in [6.07, 6.45) is -0.275. The molecule has 1 aromatic carbocycles. The van der Waals surface area contributed by atoms with Gasteiger partial charge in [-0.2, -0.15) is 13.2 Å². The highest BCUT2D eigenvalue weighted by Gasteiger charge is 2.30. The third-order valence-corrected chi connectivity index (χ3v) is 5.14. The van der Waals surface area contributed by atoms with Gasteiger partial charge in [-0.05, 0) is 62.4 Å². The fraction of sp³-hybridized carbons (Fsp3) is 0.429. The molecule has 1 atom stereocenters. The zero-order chi connectivity index (χ0) is 21.0.